The van der Waals surface area contributed by atoms with Crippen molar-refractivity contribution < 1.29 is 14.6 Å². The van der Waals surface area contributed by atoms with E-state index in [0.717, 1.165) is 23.4 Å². The summed E-state index contributed by atoms with van der Waals surface area (Å²) in [6, 6.07) is 11.6. The predicted molar refractivity (Wildman–Crippen MR) is 77.1 cm³/mol. The van der Waals surface area contributed by atoms with E-state index in [0.29, 0.717) is 19.7 Å². The van der Waals surface area contributed by atoms with Crippen molar-refractivity contribution in [3.05, 3.63) is 59.4 Å². The zero-order valence-corrected chi connectivity index (χ0v) is 11.5. The van der Waals surface area contributed by atoms with Crippen LogP contribution in [0, 0.1) is 0 Å². The van der Waals surface area contributed by atoms with Crippen LogP contribution < -0.4 is 4.74 Å². The molecule has 1 aliphatic heterocycles. The highest BCUT2D eigenvalue weighted by atomic mass is 16.5. The second-order valence-corrected chi connectivity index (χ2v) is 4.99. The second-order valence-electron chi connectivity index (χ2n) is 4.99. The third kappa shape index (κ3) is 3.13. The van der Waals surface area contributed by atoms with E-state index >= 15 is 0 Å². The zero-order chi connectivity index (χ0) is 14.7. The number of carbonyl (C=O) groups is 1. The molecule has 0 atom stereocenters. The standard InChI is InChI=1S/C16H16N2O3/c19-16(20)18-8-6-12-4-5-15(9-13(12)10-18)21-11-14-3-1-2-7-17-14/h1-5,7,9H,6,8,10-11H2,(H,19,20). The van der Waals surface area contributed by atoms with Gasteiger partial charge in [0.25, 0.3) is 0 Å². The highest BCUT2D eigenvalue weighted by molar-refractivity contribution is 5.65. The number of carboxylic acid groups (broad SMARTS) is 1. The minimum absolute atomic E-state index is 0.405. The predicted octanol–water partition coefficient (Wildman–Crippen LogP) is 2.70. The number of pyridine rings is 1. The molecule has 5 nitrogen and oxygen atoms in total. The number of aromatic nitrogens is 1. The van der Waals surface area contributed by atoms with Crippen LogP contribution in [0.4, 0.5) is 4.79 Å². The molecule has 0 aliphatic carbocycles. The van der Waals surface area contributed by atoms with Gasteiger partial charge in [-0.25, -0.2) is 4.79 Å². The normalized spacial score (nSPS) is 13.6. The van der Waals surface area contributed by atoms with E-state index in [-0.39, 0.29) is 0 Å². The topological polar surface area (TPSA) is 62.7 Å². The molecule has 0 fully saturated rings. The summed E-state index contributed by atoms with van der Waals surface area (Å²) < 4.78 is 5.73. The maximum Gasteiger partial charge on any atom is 0.407 e. The van der Waals surface area contributed by atoms with Gasteiger partial charge in [-0.3, -0.25) is 4.98 Å². The summed E-state index contributed by atoms with van der Waals surface area (Å²) in [5.41, 5.74) is 3.07. The van der Waals surface area contributed by atoms with Crippen molar-refractivity contribution >= 4 is 6.09 Å². The minimum atomic E-state index is -0.875. The first-order valence-corrected chi connectivity index (χ1v) is 6.85. The van der Waals surface area contributed by atoms with Gasteiger partial charge in [0.05, 0.1) is 5.69 Å². The van der Waals surface area contributed by atoms with E-state index in [9.17, 15) is 4.79 Å². The first-order chi connectivity index (χ1) is 10.2. The number of ether oxygens (including phenoxy) is 1. The molecule has 0 radical (unpaired) electrons. The molecule has 3 rings (SSSR count). The molecular weight excluding hydrogens is 268 g/mol. The molecule has 21 heavy (non-hydrogen) atoms. The Balaban J connectivity index is 1.71. The van der Waals surface area contributed by atoms with Gasteiger partial charge in [0.1, 0.15) is 12.4 Å². The molecule has 0 bridgehead atoms. The van der Waals surface area contributed by atoms with Gasteiger partial charge in [-0.1, -0.05) is 12.1 Å². The van der Waals surface area contributed by atoms with Crippen LogP contribution in [0.5, 0.6) is 5.75 Å². The smallest absolute Gasteiger partial charge is 0.407 e. The Morgan fingerprint density at radius 1 is 1.29 bits per heavy atom. The molecule has 1 amide bonds. The molecule has 0 saturated carbocycles. The molecule has 0 saturated heterocycles. The SMILES string of the molecule is O=C(O)N1CCc2ccc(OCc3ccccn3)cc2C1. The van der Waals surface area contributed by atoms with Gasteiger partial charge in [-0.2, -0.15) is 0 Å². The van der Waals surface area contributed by atoms with Crippen LogP contribution in [0.3, 0.4) is 0 Å². The number of benzene rings is 1. The van der Waals surface area contributed by atoms with Crippen molar-refractivity contribution in [1.82, 2.24) is 9.88 Å². The summed E-state index contributed by atoms with van der Waals surface area (Å²) in [7, 11) is 0. The van der Waals surface area contributed by atoms with Crippen molar-refractivity contribution in [2.75, 3.05) is 6.54 Å². The van der Waals surface area contributed by atoms with Crippen LogP contribution >= 0.6 is 0 Å². The van der Waals surface area contributed by atoms with Gasteiger partial charge in [0.2, 0.25) is 0 Å². The van der Waals surface area contributed by atoms with E-state index < -0.39 is 6.09 Å². The van der Waals surface area contributed by atoms with E-state index in [1.54, 1.807) is 6.20 Å². The highest BCUT2D eigenvalue weighted by Crippen LogP contribution is 2.24. The van der Waals surface area contributed by atoms with Gasteiger partial charge in [0.15, 0.2) is 0 Å². The number of nitrogens with zero attached hydrogens (tertiary/aromatic N) is 2. The number of amides is 1. The lowest BCUT2D eigenvalue weighted by Crippen LogP contribution is -2.34. The van der Waals surface area contributed by atoms with Gasteiger partial charge >= 0.3 is 6.09 Å². The fourth-order valence-corrected chi connectivity index (χ4v) is 2.43. The average Bonchev–Trinajstić information content (AvgIpc) is 2.53. The highest BCUT2D eigenvalue weighted by Gasteiger charge is 2.20. The molecule has 108 valence electrons. The maximum absolute atomic E-state index is 11.0. The maximum atomic E-state index is 11.0. The third-order valence-corrected chi connectivity index (χ3v) is 3.57. The molecule has 0 unspecified atom stereocenters. The van der Waals surface area contributed by atoms with Gasteiger partial charge in [-0.15, -0.1) is 0 Å². The van der Waals surface area contributed by atoms with E-state index in [1.165, 1.54) is 10.5 Å². The number of rotatable bonds is 3. The average molecular weight is 284 g/mol. The second kappa shape index (κ2) is 5.83. The summed E-state index contributed by atoms with van der Waals surface area (Å²) >= 11 is 0. The van der Waals surface area contributed by atoms with Gasteiger partial charge in [0, 0.05) is 19.3 Å². The Hall–Kier alpha value is -2.56. The lowest BCUT2D eigenvalue weighted by molar-refractivity contribution is 0.140. The molecule has 1 aliphatic rings. The minimum Gasteiger partial charge on any atom is -0.487 e. The fraction of sp³-hybridized carbons (Fsp3) is 0.250. The largest absolute Gasteiger partial charge is 0.487 e. The van der Waals surface area contributed by atoms with Crippen LogP contribution in [-0.4, -0.2) is 27.6 Å². The van der Waals surface area contributed by atoms with E-state index in [2.05, 4.69) is 4.98 Å². The number of hydrogen-bond donors (Lipinski definition) is 1. The van der Waals surface area contributed by atoms with Crippen LogP contribution in [0.2, 0.25) is 0 Å². The summed E-state index contributed by atoms with van der Waals surface area (Å²) in [6.07, 6.45) is 1.61. The molecule has 1 aromatic carbocycles. The summed E-state index contributed by atoms with van der Waals surface area (Å²) in [4.78, 5) is 16.7. The lowest BCUT2D eigenvalue weighted by Gasteiger charge is -2.26. The first kappa shape index (κ1) is 13.4. The Morgan fingerprint density at radius 3 is 2.95 bits per heavy atom. The van der Waals surface area contributed by atoms with Gasteiger partial charge in [-0.05, 0) is 41.8 Å². The van der Waals surface area contributed by atoms with Crippen molar-refractivity contribution in [3.8, 4) is 5.75 Å². The molecular formula is C16H16N2O3. The summed E-state index contributed by atoms with van der Waals surface area (Å²) in [5.74, 6) is 0.742. The van der Waals surface area contributed by atoms with E-state index in [1.807, 2.05) is 36.4 Å². The molecule has 1 aromatic heterocycles. The van der Waals surface area contributed by atoms with Crippen LogP contribution in [0.15, 0.2) is 42.6 Å². The molecule has 1 N–H and O–H groups in total. The Labute approximate surface area is 122 Å². The van der Waals surface area contributed by atoms with Crippen LogP contribution in [-0.2, 0) is 19.6 Å². The van der Waals surface area contributed by atoms with Crippen molar-refractivity contribution in [2.24, 2.45) is 0 Å². The molecule has 5 heteroatoms. The molecule has 2 heterocycles. The summed E-state index contributed by atoms with van der Waals surface area (Å²) in [5, 5.41) is 9.07. The quantitative estimate of drug-likeness (QED) is 0.941. The van der Waals surface area contributed by atoms with Gasteiger partial charge < -0.3 is 14.7 Å². The van der Waals surface area contributed by atoms with Crippen molar-refractivity contribution in [3.63, 3.8) is 0 Å². The van der Waals surface area contributed by atoms with E-state index in [4.69, 9.17) is 9.84 Å². The van der Waals surface area contributed by atoms with Crippen LogP contribution in [0.1, 0.15) is 16.8 Å². The molecule has 0 spiro atoms. The Kier molecular flexibility index (Phi) is 3.73. The Bertz CT molecular complexity index is 643. The zero-order valence-electron chi connectivity index (χ0n) is 11.5. The lowest BCUT2D eigenvalue weighted by atomic mass is 10.00. The van der Waals surface area contributed by atoms with Crippen molar-refractivity contribution in [2.45, 2.75) is 19.6 Å². The number of hydrogen-bond acceptors (Lipinski definition) is 3. The summed E-state index contributed by atoms with van der Waals surface area (Å²) in [6.45, 7) is 1.38. The number of fused-ring (bicyclic) bond motifs is 1. The van der Waals surface area contributed by atoms with Crippen molar-refractivity contribution in [1.29, 1.82) is 0 Å². The third-order valence-electron chi connectivity index (χ3n) is 3.57. The fourth-order valence-electron chi connectivity index (χ4n) is 2.43. The molecule has 2 aromatic rings. The monoisotopic (exact) mass is 284 g/mol. The first-order valence-electron chi connectivity index (χ1n) is 6.85. The van der Waals surface area contributed by atoms with Crippen LogP contribution in [0.25, 0.3) is 0 Å². The Morgan fingerprint density at radius 2 is 2.19 bits per heavy atom.